The van der Waals surface area contributed by atoms with Crippen LogP contribution in [0.15, 0.2) is 42.5 Å². The Morgan fingerprint density at radius 3 is 2.53 bits per heavy atom. The predicted octanol–water partition coefficient (Wildman–Crippen LogP) is 7.63. The van der Waals surface area contributed by atoms with Crippen LogP contribution in [0.5, 0.6) is 11.5 Å². The number of carbonyl (C=O) groups excluding carboxylic acids is 2. The van der Waals surface area contributed by atoms with Gasteiger partial charge in [0.05, 0.1) is 22.7 Å². The highest BCUT2D eigenvalue weighted by Gasteiger charge is 2.62. The first kappa shape index (κ1) is 32.2. The Hall–Kier alpha value is -4.05. The van der Waals surface area contributed by atoms with Gasteiger partial charge in [0.1, 0.15) is 35.2 Å². The minimum absolute atomic E-state index is 0.000546. The fraction of sp³-hybridized carbons (Fsp3) is 0.474. The third kappa shape index (κ3) is 5.12. The summed E-state index contributed by atoms with van der Waals surface area (Å²) in [5.41, 5.74) is -0.504. The number of rotatable bonds is 4. The summed E-state index contributed by atoms with van der Waals surface area (Å²) in [6.45, 7) is 7.04. The molecule has 4 aliphatic heterocycles. The zero-order chi connectivity index (χ0) is 34.5. The molecule has 2 amide bonds. The van der Waals surface area contributed by atoms with Gasteiger partial charge >= 0.3 is 6.09 Å². The normalized spacial score (nSPS) is 24.6. The van der Waals surface area contributed by atoms with Crippen molar-refractivity contribution in [2.75, 3.05) is 31.6 Å². The summed E-state index contributed by atoms with van der Waals surface area (Å²) < 4.78 is 52.2. The van der Waals surface area contributed by atoms with Crippen molar-refractivity contribution in [3.8, 4) is 22.6 Å². The van der Waals surface area contributed by atoms with E-state index in [4.69, 9.17) is 25.8 Å². The summed E-state index contributed by atoms with van der Waals surface area (Å²) in [7, 11) is 1.46. The van der Waals surface area contributed by atoms with E-state index >= 15 is 8.78 Å². The lowest BCUT2D eigenvalue weighted by molar-refractivity contribution is -0.0216. The third-order valence-electron chi connectivity index (χ3n) is 10.9. The summed E-state index contributed by atoms with van der Waals surface area (Å²) >= 11 is 6.85. The molecule has 1 unspecified atom stereocenters. The molecule has 8 nitrogen and oxygen atoms in total. The van der Waals surface area contributed by atoms with Crippen LogP contribution in [0.25, 0.3) is 11.1 Å². The number of carbonyl (C=O) groups is 2. The zero-order valence-electron chi connectivity index (χ0n) is 28.1. The summed E-state index contributed by atoms with van der Waals surface area (Å²) in [6.07, 6.45) is 4.04. The van der Waals surface area contributed by atoms with Crippen molar-refractivity contribution in [2.45, 2.75) is 82.6 Å². The van der Waals surface area contributed by atoms with E-state index in [0.717, 1.165) is 31.2 Å². The average molecular weight is 692 g/mol. The van der Waals surface area contributed by atoms with Gasteiger partial charge in [-0.2, -0.15) is 0 Å². The van der Waals surface area contributed by atoms with Crippen molar-refractivity contribution in [3.63, 3.8) is 0 Å². The quantitative estimate of drug-likeness (QED) is 0.303. The van der Waals surface area contributed by atoms with E-state index in [1.165, 1.54) is 19.2 Å². The molecule has 0 bridgehead atoms. The van der Waals surface area contributed by atoms with Gasteiger partial charge in [-0.3, -0.25) is 4.79 Å². The van der Waals surface area contributed by atoms with Crippen LogP contribution in [-0.4, -0.2) is 61.3 Å². The molecule has 1 saturated carbocycles. The van der Waals surface area contributed by atoms with Crippen LogP contribution in [0, 0.1) is 17.0 Å². The Morgan fingerprint density at radius 1 is 1.08 bits per heavy atom. The van der Waals surface area contributed by atoms with Crippen molar-refractivity contribution in [2.24, 2.45) is 5.41 Å². The molecule has 49 heavy (non-hydrogen) atoms. The van der Waals surface area contributed by atoms with Crippen LogP contribution >= 0.6 is 11.6 Å². The number of anilines is 1. The molecule has 0 aromatic heterocycles. The number of amides is 2. The minimum atomic E-state index is -1.18. The summed E-state index contributed by atoms with van der Waals surface area (Å²) in [6, 6.07) is 11.9. The zero-order valence-corrected chi connectivity index (χ0v) is 28.9. The van der Waals surface area contributed by atoms with Crippen molar-refractivity contribution >= 4 is 29.3 Å². The first-order valence-corrected chi connectivity index (χ1v) is 17.5. The fourth-order valence-electron chi connectivity index (χ4n) is 8.49. The Balaban J connectivity index is 1.33. The number of fused-ring (bicyclic) bond motifs is 4. The van der Waals surface area contributed by atoms with E-state index in [1.807, 2.05) is 56.0 Å². The summed E-state index contributed by atoms with van der Waals surface area (Å²) in [4.78, 5) is 31.1. The number of ether oxygens (including phenoxy) is 3. The van der Waals surface area contributed by atoms with Crippen LogP contribution in [0.1, 0.15) is 74.4 Å². The average Bonchev–Trinajstić information content (AvgIpc) is 3.37. The topological polar surface area (TPSA) is 80.3 Å². The second-order valence-electron chi connectivity index (χ2n) is 15.2. The van der Waals surface area contributed by atoms with Crippen molar-refractivity contribution in [1.29, 1.82) is 0 Å². The molecular weight excluding hydrogens is 652 g/mol. The number of nitrogens with zero attached hydrogens (tertiary/aromatic N) is 2. The lowest BCUT2D eigenvalue weighted by Gasteiger charge is -2.40. The van der Waals surface area contributed by atoms with Crippen molar-refractivity contribution in [3.05, 3.63) is 75.8 Å². The molecule has 4 heterocycles. The largest absolute Gasteiger partial charge is 0.489 e. The molecule has 1 spiro atoms. The van der Waals surface area contributed by atoms with Gasteiger partial charge in [-0.15, -0.1) is 0 Å². The predicted molar refractivity (Wildman–Crippen MR) is 182 cm³/mol. The van der Waals surface area contributed by atoms with Crippen LogP contribution < -0.4 is 19.7 Å². The molecule has 8 rings (SSSR count). The minimum Gasteiger partial charge on any atom is -0.489 e. The molecule has 5 aliphatic rings. The van der Waals surface area contributed by atoms with E-state index < -0.39 is 40.9 Å². The Morgan fingerprint density at radius 2 is 1.84 bits per heavy atom. The number of benzene rings is 3. The van der Waals surface area contributed by atoms with Gasteiger partial charge in [-0.1, -0.05) is 41.9 Å². The van der Waals surface area contributed by atoms with Gasteiger partial charge in [-0.05, 0) is 69.9 Å². The number of nitrogens with one attached hydrogen (secondary N) is 1. The van der Waals surface area contributed by atoms with Crippen LogP contribution in [0.2, 0.25) is 5.02 Å². The van der Waals surface area contributed by atoms with Crippen molar-refractivity contribution < 1.29 is 32.6 Å². The monoisotopic (exact) mass is 691 g/mol. The molecular formula is C38H40ClF2N3O5. The molecule has 2 saturated heterocycles. The van der Waals surface area contributed by atoms with Crippen molar-refractivity contribution in [1.82, 2.24) is 10.2 Å². The van der Waals surface area contributed by atoms with Gasteiger partial charge < -0.3 is 29.3 Å². The van der Waals surface area contributed by atoms with Crippen LogP contribution in [0.3, 0.4) is 0 Å². The number of halogens is 3. The Labute approximate surface area is 289 Å². The first-order valence-electron chi connectivity index (χ1n) is 17.1. The van der Waals surface area contributed by atoms with Gasteiger partial charge in [0.25, 0.3) is 5.91 Å². The molecule has 1 aliphatic carbocycles. The smallest absolute Gasteiger partial charge is 0.410 e. The van der Waals surface area contributed by atoms with Crippen LogP contribution in [0.4, 0.5) is 19.3 Å². The lowest BCUT2D eigenvalue weighted by Crippen LogP contribution is -2.53. The highest BCUT2D eigenvalue weighted by molar-refractivity contribution is 6.34. The maximum atomic E-state index is 17.3. The van der Waals surface area contributed by atoms with E-state index in [0.29, 0.717) is 31.7 Å². The van der Waals surface area contributed by atoms with Gasteiger partial charge in [-0.25, -0.2) is 13.6 Å². The number of hydrogen-bond donors (Lipinski definition) is 1. The molecule has 1 N–H and O–H groups in total. The van der Waals surface area contributed by atoms with Crippen LogP contribution in [-0.2, 0) is 16.8 Å². The highest BCUT2D eigenvalue weighted by Crippen LogP contribution is 2.61. The van der Waals surface area contributed by atoms with E-state index in [1.54, 1.807) is 4.90 Å². The first-order chi connectivity index (χ1) is 23.3. The second-order valence-corrected chi connectivity index (χ2v) is 15.6. The number of hydrogen-bond acceptors (Lipinski definition) is 6. The molecule has 3 fully saturated rings. The van der Waals surface area contributed by atoms with Gasteiger partial charge in [0.2, 0.25) is 0 Å². The van der Waals surface area contributed by atoms with Gasteiger partial charge in [0.15, 0.2) is 11.4 Å². The molecule has 3 atom stereocenters. The maximum absolute atomic E-state index is 17.3. The second kappa shape index (κ2) is 11.2. The highest BCUT2D eigenvalue weighted by atomic mass is 35.5. The molecule has 3 aromatic rings. The Bertz CT molecular complexity index is 1880. The summed E-state index contributed by atoms with van der Waals surface area (Å²) in [5.74, 6) is -1.59. The third-order valence-corrected chi connectivity index (χ3v) is 11.3. The maximum Gasteiger partial charge on any atom is 0.410 e. The lowest BCUT2D eigenvalue weighted by atomic mass is 9.78. The van der Waals surface area contributed by atoms with Gasteiger partial charge in [0, 0.05) is 49.3 Å². The molecule has 3 aromatic carbocycles. The molecule has 11 heteroatoms. The van der Waals surface area contributed by atoms with E-state index in [9.17, 15) is 9.59 Å². The molecule has 258 valence electrons. The van der Waals surface area contributed by atoms with E-state index in [2.05, 4.69) is 5.32 Å². The summed E-state index contributed by atoms with van der Waals surface area (Å²) in [5, 5.41) is 2.31. The van der Waals surface area contributed by atoms with E-state index in [-0.39, 0.29) is 56.8 Å². The molecule has 0 radical (unpaired) electrons. The number of likely N-dealkylation sites (tertiary alicyclic amines) is 1. The Kier molecular flexibility index (Phi) is 7.38. The fourth-order valence-corrected chi connectivity index (χ4v) is 8.75. The SMILES string of the molecule is CNC(=O)c1cc2c(c(F)c1-c1c(Cl)c(F)cc3c1C[C@](c1ccccc1)([C@@H]1CC4(CC4)CN1C(=O)OC(C)(C)C)O3)N1CCCC1CO2. The standard InChI is InChI=1S/C38H40ClF2N3O5/c1-36(2,3)49-35(46)44-20-37(12-13-37)18-28(44)38(21-9-6-5-7-10-21)17-24-26(48-38)16-25(40)31(39)29(24)30-23(34(45)42-4)15-27-33(32(30)41)43-14-8-11-22(43)19-47-27/h5-7,9-10,15-16,22,28H,8,11-14,17-20H2,1-4H3,(H,42,45)/t22?,28-,38-/m0/s1.